The second-order valence-corrected chi connectivity index (χ2v) is 20.9. The van der Waals surface area contributed by atoms with Gasteiger partial charge in [0.15, 0.2) is 0 Å². The topological polar surface area (TPSA) is 0 Å². The maximum Gasteiger partial charge on any atom is -1.00 e. The van der Waals surface area contributed by atoms with Crippen molar-refractivity contribution < 1.29 is 75.4 Å². The quantitative estimate of drug-likeness (QED) is 0.120. The number of hydrogen-bond donors (Lipinski definition) is 0. The van der Waals surface area contributed by atoms with Crippen molar-refractivity contribution in [3.05, 3.63) is 170 Å². The predicted molar refractivity (Wildman–Crippen MR) is 232 cm³/mol. The predicted octanol–water partition coefficient (Wildman–Crippen LogP) is 9.37. The van der Waals surface area contributed by atoms with E-state index in [1.807, 2.05) is 0 Å². The Kier molecular flexibility index (Phi) is 14.8. The normalized spacial score (nSPS) is 15.5. The summed E-state index contributed by atoms with van der Waals surface area (Å²) in [6.07, 6.45) is -1.41. The number of rotatable bonds is 2. The van der Waals surface area contributed by atoms with E-state index >= 15 is 0 Å². The van der Waals surface area contributed by atoms with Crippen LogP contribution in [0.5, 0.6) is 0 Å². The Bertz CT molecular complexity index is 2340. The van der Waals surface area contributed by atoms with Crippen molar-refractivity contribution in [3.8, 4) is 11.1 Å². The summed E-state index contributed by atoms with van der Waals surface area (Å²) in [5, 5.41) is 0. The van der Waals surface area contributed by atoms with E-state index in [2.05, 4.69) is 138 Å². The molecule has 0 aliphatic heterocycles. The van der Waals surface area contributed by atoms with E-state index in [4.69, 9.17) is 0 Å². The third kappa shape index (κ3) is 10.8. The van der Waals surface area contributed by atoms with Crippen LogP contribution in [-0.4, -0.2) is 3.21 Å². The van der Waals surface area contributed by atoms with Crippen LogP contribution in [0.2, 0.25) is 0 Å². The standard InChI is InChI=1S/C31H37.C15H8F6.C7H9.2ClH.Zr/c1-28(2,3)26-16-30(7,8)24-12-18-11-19-13-25-23(15-21(19)20(18)14-22(24)26)27(29(4,5)6)17-31(25,9)10;16-14(17,18)12-5-1-10(2-6-12)9-11-3-7-13(8-4-11)15(19,20)21;1-6-3-4-7(2)5-6;;;/h12-16H,11H2,1-10H3;1-8H;3-5H,1-2H3;2*1H;/q-1;;-1;;;+2/p-2. The first-order chi connectivity index (χ1) is 27.5. The molecule has 0 unspecified atom stereocenters. The van der Waals surface area contributed by atoms with Gasteiger partial charge in [0.25, 0.3) is 0 Å². The van der Waals surface area contributed by atoms with Gasteiger partial charge in [0, 0.05) is 5.41 Å². The zero-order chi connectivity index (χ0) is 44.5. The van der Waals surface area contributed by atoms with Crippen molar-refractivity contribution in [1.29, 1.82) is 0 Å². The minimum atomic E-state index is -4.41. The summed E-state index contributed by atoms with van der Waals surface area (Å²) in [4.78, 5) is 0. The van der Waals surface area contributed by atoms with Crippen molar-refractivity contribution in [1.82, 2.24) is 0 Å². The second kappa shape index (κ2) is 17.9. The van der Waals surface area contributed by atoms with Gasteiger partial charge in [-0.15, -0.1) is 11.6 Å². The Hall–Kier alpha value is -3.38. The minimum Gasteiger partial charge on any atom is -1.00 e. The Morgan fingerprint density at radius 3 is 1.44 bits per heavy atom. The van der Waals surface area contributed by atoms with E-state index in [0.29, 0.717) is 14.3 Å². The van der Waals surface area contributed by atoms with E-state index in [-0.39, 0.29) is 46.5 Å². The molecule has 0 aromatic heterocycles. The van der Waals surface area contributed by atoms with Crippen LogP contribution in [0.15, 0.2) is 97.1 Å². The van der Waals surface area contributed by atoms with Crippen molar-refractivity contribution in [2.45, 2.75) is 113 Å². The summed E-state index contributed by atoms with van der Waals surface area (Å²) < 4.78 is 75.6. The first-order valence-electron chi connectivity index (χ1n) is 20.4. The molecule has 62 heavy (non-hydrogen) atoms. The van der Waals surface area contributed by atoms with Crippen LogP contribution < -0.4 is 24.8 Å². The first-order valence-corrected chi connectivity index (χ1v) is 21.6. The zero-order valence-corrected chi connectivity index (χ0v) is 41.4. The van der Waals surface area contributed by atoms with Crippen LogP contribution in [0.25, 0.3) is 22.3 Å². The fourth-order valence-corrected chi connectivity index (χ4v) is 9.30. The maximum absolute atomic E-state index is 12.5. The van der Waals surface area contributed by atoms with E-state index in [1.54, 1.807) is 0 Å². The van der Waals surface area contributed by atoms with Gasteiger partial charge in [-0.3, -0.25) is 6.08 Å². The average Bonchev–Trinajstić information content (AvgIpc) is 3.85. The van der Waals surface area contributed by atoms with Crippen LogP contribution in [0.1, 0.15) is 136 Å². The fraction of sp³-hybridized carbons (Fsp3) is 0.358. The van der Waals surface area contributed by atoms with Crippen molar-refractivity contribution in [2.75, 3.05) is 0 Å². The van der Waals surface area contributed by atoms with Crippen LogP contribution in [-0.2, 0) is 53.8 Å². The van der Waals surface area contributed by atoms with Gasteiger partial charge in [0.05, 0.1) is 0 Å². The van der Waals surface area contributed by atoms with Gasteiger partial charge in [0.1, 0.15) is 0 Å². The number of aryl methyl sites for hydroxylation is 2. The average molecular weight is 967 g/mol. The molecule has 0 saturated carbocycles. The number of alkyl halides is 6. The molecule has 0 saturated heterocycles. The van der Waals surface area contributed by atoms with Crippen LogP contribution in [0, 0.1) is 30.8 Å². The van der Waals surface area contributed by atoms with E-state index in [0.717, 1.165) is 54.9 Å². The summed E-state index contributed by atoms with van der Waals surface area (Å²) in [6, 6.07) is 25.6. The molecule has 9 heteroatoms. The molecule has 0 nitrogen and oxygen atoms in total. The molecule has 8 rings (SSSR count). The largest absolute Gasteiger partial charge is 1.00 e. The molecular formula is C53H54Cl2F6Zr-2. The molecule has 0 fully saturated rings. The summed E-state index contributed by atoms with van der Waals surface area (Å²) in [7, 11) is 0. The van der Waals surface area contributed by atoms with Crippen LogP contribution >= 0.6 is 0 Å². The molecule has 3 aliphatic rings. The van der Waals surface area contributed by atoms with Crippen LogP contribution in [0.4, 0.5) is 26.3 Å². The minimum absolute atomic E-state index is 0. The summed E-state index contributed by atoms with van der Waals surface area (Å²) in [5.74, 6) is 0. The molecule has 0 heterocycles. The van der Waals surface area contributed by atoms with Crippen molar-refractivity contribution in [2.24, 2.45) is 10.8 Å². The third-order valence-electron chi connectivity index (χ3n) is 11.7. The molecule has 0 N–H and O–H groups in total. The molecule has 0 radical (unpaired) electrons. The molecule has 3 aliphatic carbocycles. The molecule has 328 valence electrons. The second-order valence-electron chi connectivity index (χ2n) is 19.7. The molecule has 0 bridgehead atoms. The van der Waals surface area contributed by atoms with Gasteiger partial charge < -0.3 is 24.8 Å². The van der Waals surface area contributed by atoms with Gasteiger partial charge in [-0.05, 0) is 62.3 Å². The maximum atomic E-state index is 12.5. The molecule has 0 spiro atoms. The number of hydrogen-bond acceptors (Lipinski definition) is 0. The first kappa shape index (κ1) is 51.3. The number of allylic oxidation sites excluding steroid dienone is 4. The third-order valence-corrected chi connectivity index (χ3v) is 13.1. The molecule has 5 aromatic carbocycles. The summed E-state index contributed by atoms with van der Waals surface area (Å²) >= 11 is 0.898. The van der Waals surface area contributed by atoms with Crippen LogP contribution in [0.3, 0.4) is 0 Å². The van der Waals surface area contributed by atoms with Gasteiger partial charge in [-0.2, -0.15) is 23.3 Å². The number of benzene rings is 4. The van der Waals surface area contributed by atoms with Gasteiger partial charge >= 0.3 is 137 Å². The Balaban J connectivity index is 0.000000238. The Morgan fingerprint density at radius 2 is 1.06 bits per heavy atom. The van der Waals surface area contributed by atoms with E-state index in [9.17, 15) is 26.3 Å². The summed E-state index contributed by atoms with van der Waals surface area (Å²) in [6.45, 7) is 27.6. The van der Waals surface area contributed by atoms with Gasteiger partial charge in [-0.1, -0.05) is 107 Å². The Morgan fingerprint density at radius 1 is 0.613 bits per heavy atom. The molecule has 0 atom stereocenters. The van der Waals surface area contributed by atoms with Gasteiger partial charge in [0.2, 0.25) is 0 Å². The summed E-state index contributed by atoms with van der Waals surface area (Å²) in [5.41, 5.74) is 17.2. The Labute approximate surface area is 391 Å². The van der Waals surface area contributed by atoms with Gasteiger partial charge in [-0.25, -0.2) is 17.2 Å². The number of halogens is 8. The monoisotopic (exact) mass is 964 g/mol. The number of fused-ring (bicyclic) bond motifs is 5. The SMILES string of the molecule is CC(C)(C)C1=[C-]C(C)(C)c2cc3c(cc21)-c1cc2c(cc1C3)C(C)(C)C=C2C(C)(C)C.Cc1c[cH-]c(C)c1.FC(F)(F)c1ccc([C](=[Zr+2])c2ccc(C(F)(F)F)cc2)cc1.[Cl-].[Cl-]. The molecular weight excluding hydrogens is 913 g/mol. The van der Waals surface area contributed by atoms with Crippen molar-refractivity contribution >= 4 is 14.4 Å². The zero-order valence-electron chi connectivity index (χ0n) is 37.5. The van der Waals surface area contributed by atoms with E-state index in [1.165, 1.54) is 91.0 Å². The van der Waals surface area contributed by atoms with E-state index < -0.39 is 23.5 Å². The van der Waals surface area contributed by atoms with Crippen molar-refractivity contribution in [3.63, 3.8) is 0 Å². The molecule has 0 amide bonds. The smallest absolute Gasteiger partial charge is 1.00 e. The molecule has 5 aromatic rings. The fourth-order valence-electron chi connectivity index (χ4n) is 8.48.